The second-order valence-electron chi connectivity index (χ2n) is 5.73. The van der Waals surface area contributed by atoms with E-state index in [0.29, 0.717) is 6.04 Å². The number of thioether (sulfide) groups is 1. The Morgan fingerprint density at radius 1 is 1.38 bits per heavy atom. The van der Waals surface area contributed by atoms with Gasteiger partial charge in [0.2, 0.25) is 0 Å². The van der Waals surface area contributed by atoms with Crippen molar-refractivity contribution in [2.45, 2.75) is 32.7 Å². The Kier molecular flexibility index (Phi) is 6.78. The summed E-state index contributed by atoms with van der Waals surface area (Å²) >= 11 is 2.11. The normalized spacial score (nSPS) is 23.2. The lowest BCUT2D eigenvalue weighted by atomic mass is 10.0. The maximum absolute atomic E-state index is 3.77. The fraction of sp³-hybridized carbons (Fsp3) is 1.00. The zero-order chi connectivity index (χ0) is 12.0. The number of rotatable bonds is 7. The van der Waals surface area contributed by atoms with Crippen molar-refractivity contribution in [3.8, 4) is 0 Å². The van der Waals surface area contributed by atoms with E-state index in [-0.39, 0.29) is 0 Å². The van der Waals surface area contributed by atoms with Crippen LogP contribution in [0.3, 0.4) is 0 Å². The Morgan fingerprint density at radius 3 is 2.62 bits per heavy atom. The Morgan fingerprint density at radius 2 is 2.12 bits per heavy atom. The third-order valence-corrected chi connectivity index (χ3v) is 4.29. The molecule has 0 aromatic rings. The molecule has 0 bridgehead atoms. The van der Waals surface area contributed by atoms with Crippen LogP contribution in [-0.2, 0) is 0 Å². The second kappa shape index (κ2) is 7.57. The van der Waals surface area contributed by atoms with Crippen molar-refractivity contribution < 1.29 is 0 Å². The summed E-state index contributed by atoms with van der Waals surface area (Å²) in [5, 5.41) is 3.77. The number of nitrogens with one attached hydrogen (secondary N) is 1. The molecule has 0 aliphatic carbocycles. The number of hydrogen-bond acceptors (Lipinski definition) is 3. The van der Waals surface area contributed by atoms with Gasteiger partial charge in [-0.3, -0.25) is 0 Å². The minimum absolute atomic E-state index is 0.667. The van der Waals surface area contributed by atoms with Gasteiger partial charge in [0.05, 0.1) is 0 Å². The van der Waals surface area contributed by atoms with Crippen LogP contribution in [0.4, 0.5) is 0 Å². The van der Waals surface area contributed by atoms with Gasteiger partial charge in [0, 0.05) is 12.6 Å². The van der Waals surface area contributed by atoms with Crippen LogP contribution in [0.15, 0.2) is 0 Å². The molecule has 0 aromatic heterocycles. The van der Waals surface area contributed by atoms with Gasteiger partial charge in [-0.2, -0.15) is 11.8 Å². The molecule has 1 saturated heterocycles. The third kappa shape index (κ3) is 6.12. The fourth-order valence-electron chi connectivity index (χ4n) is 2.31. The van der Waals surface area contributed by atoms with E-state index in [4.69, 9.17) is 0 Å². The van der Waals surface area contributed by atoms with E-state index in [1.807, 2.05) is 0 Å². The van der Waals surface area contributed by atoms with Crippen LogP contribution in [0.1, 0.15) is 26.7 Å². The first kappa shape index (κ1) is 14.3. The summed E-state index contributed by atoms with van der Waals surface area (Å²) in [6, 6.07) is 0.667. The SMILES string of the molecule is CC(C)CC(CN(C)C)NCC1CCSC1. The van der Waals surface area contributed by atoms with Crippen molar-refractivity contribution in [2.24, 2.45) is 11.8 Å². The average Bonchev–Trinajstić information content (AvgIpc) is 2.64. The molecule has 2 atom stereocenters. The molecule has 3 heteroatoms. The quantitative estimate of drug-likeness (QED) is 0.740. The van der Waals surface area contributed by atoms with Gasteiger partial charge in [-0.1, -0.05) is 13.8 Å². The third-order valence-electron chi connectivity index (χ3n) is 3.06. The molecule has 1 N–H and O–H groups in total. The molecule has 0 spiro atoms. The summed E-state index contributed by atoms with van der Waals surface area (Å²) in [6.45, 7) is 7.02. The van der Waals surface area contributed by atoms with Crippen LogP contribution in [0, 0.1) is 11.8 Å². The fourth-order valence-corrected chi connectivity index (χ4v) is 3.59. The molecule has 0 aromatic carbocycles. The second-order valence-corrected chi connectivity index (χ2v) is 6.88. The van der Waals surface area contributed by atoms with Crippen molar-refractivity contribution in [3.05, 3.63) is 0 Å². The van der Waals surface area contributed by atoms with Gasteiger partial charge >= 0.3 is 0 Å². The van der Waals surface area contributed by atoms with Crippen molar-refractivity contribution in [1.82, 2.24) is 10.2 Å². The van der Waals surface area contributed by atoms with Gasteiger partial charge in [-0.25, -0.2) is 0 Å². The molecule has 1 aliphatic heterocycles. The van der Waals surface area contributed by atoms with E-state index in [2.05, 4.69) is 49.9 Å². The minimum atomic E-state index is 0.667. The molecule has 1 heterocycles. The summed E-state index contributed by atoms with van der Waals surface area (Å²) in [5.41, 5.74) is 0. The first-order valence-corrected chi connectivity index (χ1v) is 7.69. The largest absolute Gasteiger partial charge is 0.312 e. The van der Waals surface area contributed by atoms with Crippen molar-refractivity contribution >= 4 is 11.8 Å². The molecule has 16 heavy (non-hydrogen) atoms. The van der Waals surface area contributed by atoms with E-state index in [1.54, 1.807) is 0 Å². The monoisotopic (exact) mass is 244 g/mol. The molecule has 1 aliphatic rings. The van der Waals surface area contributed by atoms with Crippen LogP contribution >= 0.6 is 11.8 Å². The molecule has 2 nitrogen and oxygen atoms in total. The van der Waals surface area contributed by atoms with Gasteiger partial charge in [0.25, 0.3) is 0 Å². The van der Waals surface area contributed by atoms with E-state index < -0.39 is 0 Å². The molecule has 0 saturated carbocycles. The van der Waals surface area contributed by atoms with Crippen LogP contribution in [0.5, 0.6) is 0 Å². The lowest BCUT2D eigenvalue weighted by Gasteiger charge is -2.25. The van der Waals surface area contributed by atoms with Crippen molar-refractivity contribution in [2.75, 3.05) is 38.7 Å². The van der Waals surface area contributed by atoms with Crippen LogP contribution in [-0.4, -0.2) is 49.6 Å². The van der Waals surface area contributed by atoms with E-state index >= 15 is 0 Å². The van der Waals surface area contributed by atoms with Gasteiger partial charge in [-0.05, 0) is 56.8 Å². The van der Waals surface area contributed by atoms with Gasteiger partial charge in [-0.15, -0.1) is 0 Å². The molecule has 0 amide bonds. The number of hydrogen-bond donors (Lipinski definition) is 1. The lowest BCUT2D eigenvalue weighted by Crippen LogP contribution is -2.41. The summed E-state index contributed by atoms with van der Waals surface area (Å²) in [4.78, 5) is 2.30. The number of likely N-dealkylation sites (N-methyl/N-ethyl adjacent to an activating group) is 1. The first-order chi connectivity index (χ1) is 7.58. The minimum Gasteiger partial charge on any atom is -0.312 e. The molecule has 0 radical (unpaired) electrons. The van der Waals surface area contributed by atoms with Crippen LogP contribution in [0.2, 0.25) is 0 Å². The lowest BCUT2D eigenvalue weighted by molar-refractivity contribution is 0.297. The van der Waals surface area contributed by atoms with Gasteiger partial charge in [0.15, 0.2) is 0 Å². The van der Waals surface area contributed by atoms with E-state index in [1.165, 1.54) is 30.9 Å². The van der Waals surface area contributed by atoms with Crippen LogP contribution in [0.25, 0.3) is 0 Å². The van der Waals surface area contributed by atoms with E-state index in [9.17, 15) is 0 Å². The zero-order valence-corrected chi connectivity index (χ0v) is 12.1. The van der Waals surface area contributed by atoms with E-state index in [0.717, 1.165) is 18.4 Å². The van der Waals surface area contributed by atoms with Gasteiger partial charge < -0.3 is 10.2 Å². The summed E-state index contributed by atoms with van der Waals surface area (Å²) in [6.07, 6.45) is 2.70. The Bertz CT molecular complexity index is 167. The smallest absolute Gasteiger partial charge is 0.0197 e. The Balaban J connectivity index is 2.24. The van der Waals surface area contributed by atoms with Gasteiger partial charge in [0.1, 0.15) is 0 Å². The highest BCUT2D eigenvalue weighted by atomic mass is 32.2. The van der Waals surface area contributed by atoms with Crippen molar-refractivity contribution in [1.29, 1.82) is 0 Å². The molecule has 96 valence electrons. The standard InChI is InChI=1S/C13H28N2S/c1-11(2)7-13(9-15(3)4)14-8-12-5-6-16-10-12/h11-14H,5-10H2,1-4H3. The first-order valence-electron chi connectivity index (χ1n) is 6.53. The molecular formula is C13H28N2S. The molecule has 1 fully saturated rings. The average molecular weight is 244 g/mol. The predicted molar refractivity (Wildman–Crippen MR) is 75.2 cm³/mol. The Hall–Kier alpha value is 0.270. The maximum Gasteiger partial charge on any atom is 0.0197 e. The molecule has 1 rings (SSSR count). The number of nitrogens with zero attached hydrogens (tertiary/aromatic N) is 1. The molecular weight excluding hydrogens is 216 g/mol. The predicted octanol–water partition coefficient (Wildman–Crippen LogP) is 2.31. The summed E-state index contributed by atoms with van der Waals surface area (Å²) < 4.78 is 0. The highest BCUT2D eigenvalue weighted by Gasteiger charge is 2.18. The molecule has 2 unspecified atom stereocenters. The van der Waals surface area contributed by atoms with Crippen molar-refractivity contribution in [3.63, 3.8) is 0 Å². The van der Waals surface area contributed by atoms with Crippen LogP contribution < -0.4 is 5.32 Å². The highest BCUT2D eigenvalue weighted by molar-refractivity contribution is 7.99. The Labute approximate surface area is 106 Å². The maximum atomic E-state index is 3.77. The summed E-state index contributed by atoms with van der Waals surface area (Å²) in [5.74, 6) is 4.44. The zero-order valence-electron chi connectivity index (χ0n) is 11.3. The summed E-state index contributed by atoms with van der Waals surface area (Å²) in [7, 11) is 4.33. The topological polar surface area (TPSA) is 15.3 Å². The highest BCUT2D eigenvalue weighted by Crippen LogP contribution is 2.22.